The van der Waals surface area contributed by atoms with Gasteiger partial charge in [-0.25, -0.2) is 9.97 Å². The van der Waals surface area contributed by atoms with Crippen LogP contribution in [0.4, 0.5) is 5.82 Å². The predicted molar refractivity (Wildman–Crippen MR) is 119 cm³/mol. The monoisotopic (exact) mass is 484 g/mol. The Balaban J connectivity index is 0.00000210. The lowest BCUT2D eigenvalue weighted by Crippen LogP contribution is -2.42. The molecule has 1 spiro atoms. The molecule has 3 heterocycles. The SMILES string of the molecule is CCNC(=NCCNc1ncnc2c1cnn2C)N1CCC2(CCC2)C1.I. The molecule has 2 fully saturated rings. The molecule has 0 amide bonds. The van der Waals surface area contributed by atoms with Crippen LogP contribution in [0.15, 0.2) is 17.5 Å². The molecule has 27 heavy (non-hydrogen) atoms. The topological polar surface area (TPSA) is 83.3 Å². The number of fused-ring (bicyclic) bond motifs is 1. The average molecular weight is 484 g/mol. The van der Waals surface area contributed by atoms with Crippen LogP contribution < -0.4 is 10.6 Å². The van der Waals surface area contributed by atoms with E-state index in [0.717, 1.165) is 49.0 Å². The number of likely N-dealkylation sites (tertiary alicyclic amines) is 1. The Kier molecular flexibility index (Phi) is 6.38. The van der Waals surface area contributed by atoms with Crippen LogP contribution in [-0.2, 0) is 7.05 Å². The fourth-order valence-corrected chi connectivity index (χ4v) is 4.07. The van der Waals surface area contributed by atoms with Crippen LogP contribution in [0.1, 0.15) is 32.6 Å². The molecule has 1 saturated heterocycles. The van der Waals surface area contributed by atoms with Crippen LogP contribution in [0.5, 0.6) is 0 Å². The number of hydrogen-bond donors (Lipinski definition) is 2. The minimum atomic E-state index is 0. The smallest absolute Gasteiger partial charge is 0.193 e. The van der Waals surface area contributed by atoms with Gasteiger partial charge in [-0.1, -0.05) is 6.42 Å². The van der Waals surface area contributed by atoms with Crippen LogP contribution in [0.3, 0.4) is 0 Å². The Morgan fingerprint density at radius 3 is 2.85 bits per heavy atom. The zero-order valence-corrected chi connectivity index (χ0v) is 18.4. The number of nitrogens with zero attached hydrogens (tertiary/aromatic N) is 6. The van der Waals surface area contributed by atoms with Crippen LogP contribution in [0.25, 0.3) is 11.0 Å². The molecule has 9 heteroatoms. The van der Waals surface area contributed by atoms with E-state index in [1.54, 1.807) is 17.2 Å². The standard InChI is InChI=1S/C18H28N8.HI/c1-3-19-17(26-10-7-18(12-26)5-4-6-18)21-9-8-20-15-14-11-24-25(2)16(14)23-13-22-15;/h11,13H,3-10,12H2,1-2H3,(H,19,21)(H,20,22,23);1H. The first-order valence-corrected chi connectivity index (χ1v) is 9.61. The second-order valence-corrected chi connectivity index (χ2v) is 7.42. The summed E-state index contributed by atoms with van der Waals surface area (Å²) in [5.74, 6) is 1.87. The molecule has 1 saturated carbocycles. The maximum Gasteiger partial charge on any atom is 0.193 e. The number of aryl methyl sites for hydroxylation is 1. The Morgan fingerprint density at radius 1 is 1.30 bits per heavy atom. The van der Waals surface area contributed by atoms with Crippen LogP contribution in [0, 0.1) is 5.41 Å². The number of nitrogens with one attached hydrogen (secondary N) is 2. The van der Waals surface area contributed by atoms with Gasteiger partial charge < -0.3 is 15.5 Å². The highest BCUT2D eigenvalue weighted by Crippen LogP contribution is 2.47. The van der Waals surface area contributed by atoms with Crippen molar-refractivity contribution in [2.45, 2.75) is 32.6 Å². The van der Waals surface area contributed by atoms with Crippen molar-refractivity contribution in [3.8, 4) is 0 Å². The number of aliphatic imine (C=N–C) groups is 1. The summed E-state index contributed by atoms with van der Waals surface area (Å²) in [6, 6.07) is 0. The number of halogens is 1. The van der Waals surface area contributed by atoms with Gasteiger partial charge in [-0.15, -0.1) is 24.0 Å². The van der Waals surface area contributed by atoms with Crippen LogP contribution >= 0.6 is 24.0 Å². The Morgan fingerprint density at radius 2 is 2.15 bits per heavy atom. The lowest BCUT2D eigenvalue weighted by atomic mass is 9.68. The fourth-order valence-electron chi connectivity index (χ4n) is 4.07. The minimum Gasteiger partial charge on any atom is -0.367 e. The van der Waals surface area contributed by atoms with Gasteiger partial charge in [-0.2, -0.15) is 5.10 Å². The molecule has 0 unspecified atom stereocenters. The van der Waals surface area contributed by atoms with E-state index in [1.807, 2.05) is 7.05 Å². The average Bonchev–Trinajstić information content (AvgIpc) is 3.23. The summed E-state index contributed by atoms with van der Waals surface area (Å²) in [5.41, 5.74) is 1.42. The van der Waals surface area contributed by atoms with Crippen molar-refractivity contribution in [2.24, 2.45) is 17.5 Å². The van der Waals surface area contributed by atoms with E-state index in [4.69, 9.17) is 4.99 Å². The predicted octanol–water partition coefficient (Wildman–Crippen LogP) is 2.23. The van der Waals surface area contributed by atoms with Gasteiger partial charge in [0.05, 0.1) is 18.1 Å². The van der Waals surface area contributed by atoms with Crippen molar-refractivity contribution in [3.05, 3.63) is 12.5 Å². The third-order valence-electron chi connectivity index (χ3n) is 5.68. The molecule has 0 radical (unpaired) electrons. The second-order valence-electron chi connectivity index (χ2n) is 7.42. The van der Waals surface area contributed by atoms with Gasteiger partial charge in [0.25, 0.3) is 0 Å². The first kappa shape index (κ1) is 20.1. The zero-order chi connectivity index (χ0) is 18.0. The molecule has 1 aliphatic carbocycles. The quantitative estimate of drug-likeness (QED) is 0.293. The summed E-state index contributed by atoms with van der Waals surface area (Å²) < 4.78 is 1.76. The zero-order valence-electron chi connectivity index (χ0n) is 16.1. The summed E-state index contributed by atoms with van der Waals surface area (Å²) in [4.78, 5) is 15.9. The number of hydrogen-bond acceptors (Lipinski definition) is 5. The van der Waals surface area contributed by atoms with E-state index in [0.29, 0.717) is 12.0 Å². The molecule has 2 N–H and O–H groups in total. The molecule has 0 bridgehead atoms. The minimum absolute atomic E-state index is 0. The van der Waals surface area contributed by atoms with Gasteiger partial charge in [-0.3, -0.25) is 9.67 Å². The largest absolute Gasteiger partial charge is 0.367 e. The van der Waals surface area contributed by atoms with Gasteiger partial charge in [0.2, 0.25) is 0 Å². The maximum atomic E-state index is 4.82. The molecule has 1 aliphatic heterocycles. The third kappa shape index (κ3) is 4.12. The summed E-state index contributed by atoms with van der Waals surface area (Å²) in [7, 11) is 1.89. The highest BCUT2D eigenvalue weighted by atomic mass is 127. The molecule has 4 rings (SSSR count). The fraction of sp³-hybridized carbons (Fsp3) is 0.667. The molecule has 2 aromatic rings. The summed E-state index contributed by atoms with van der Waals surface area (Å²) in [5, 5.41) is 12.0. The van der Waals surface area contributed by atoms with Crippen molar-refractivity contribution >= 4 is 46.8 Å². The number of anilines is 1. The summed E-state index contributed by atoms with van der Waals surface area (Å²) in [6.07, 6.45) is 8.86. The highest BCUT2D eigenvalue weighted by molar-refractivity contribution is 14.0. The Hall–Kier alpha value is -1.65. The molecule has 148 valence electrons. The van der Waals surface area contributed by atoms with E-state index in [1.165, 1.54) is 25.7 Å². The lowest BCUT2D eigenvalue weighted by molar-refractivity contribution is 0.151. The third-order valence-corrected chi connectivity index (χ3v) is 5.68. The molecule has 0 atom stereocenters. The molecule has 2 aliphatic rings. The molecule has 2 aromatic heterocycles. The molecule has 8 nitrogen and oxygen atoms in total. The van der Waals surface area contributed by atoms with Gasteiger partial charge >= 0.3 is 0 Å². The van der Waals surface area contributed by atoms with Crippen LogP contribution in [-0.4, -0.2) is 63.3 Å². The number of rotatable bonds is 5. The maximum absolute atomic E-state index is 4.82. The van der Waals surface area contributed by atoms with Crippen molar-refractivity contribution in [3.63, 3.8) is 0 Å². The normalized spacial score (nSPS) is 18.4. The van der Waals surface area contributed by atoms with Crippen molar-refractivity contribution in [2.75, 3.05) is 38.0 Å². The van der Waals surface area contributed by atoms with E-state index < -0.39 is 0 Å². The number of aromatic nitrogens is 4. The second kappa shape index (κ2) is 8.57. The number of guanidine groups is 1. The van der Waals surface area contributed by atoms with E-state index in [-0.39, 0.29) is 24.0 Å². The van der Waals surface area contributed by atoms with Crippen LogP contribution in [0.2, 0.25) is 0 Å². The van der Waals surface area contributed by atoms with Crippen molar-refractivity contribution in [1.82, 2.24) is 30.0 Å². The van der Waals surface area contributed by atoms with E-state index in [2.05, 4.69) is 37.5 Å². The molecular weight excluding hydrogens is 455 g/mol. The molecule has 0 aromatic carbocycles. The highest BCUT2D eigenvalue weighted by Gasteiger charge is 2.43. The van der Waals surface area contributed by atoms with Crippen molar-refractivity contribution < 1.29 is 0 Å². The Bertz CT molecular complexity index is 798. The van der Waals surface area contributed by atoms with Crippen molar-refractivity contribution in [1.29, 1.82) is 0 Å². The molecular formula is C18H29IN8. The van der Waals surface area contributed by atoms with Gasteiger partial charge in [0.1, 0.15) is 12.1 Å². The first-order chi connectivity index (χ1) is 12.7. The summed E-state index contributed by atoms with van der Waals surface area (Å²) >= 11 is 0. The Labute approximate surface area is 177 Å². The van der Waals surface area contributed by atoms with E-state index in [9.17, 15) is 0 Å². The van der Waals surface area contributed by atoms with Gasteiger partial charge in [-0.05, 0) is 31.6 Å². The van der Waals surface area contributed by atoms with Gasteiger partial charge in [0.15, 0.2) is 11.6 Å². The van der Waals surface area contributed by atoms with E-state index >= 15 is 0 Å². The summed E-state index contributed by atoms with van der Waals surface area (Å²) in [6.45, 7) is 6.75. The lowest BCUT2D eigenvalue weighted by Gasteiger charge is -2.38. The first-order valence-electron chi connectivity index (χ1n) is 9.61. The van der Waals surface area contributed by atoms with Gasteiger partial charge in [0, 0.05) is 33.2 Å².